The predicted molar refractivity (Wildman–Crippen MR) is 117 cm³/mol. The van der Waals surface area contributed by atoms with E-state index in [1.807, 2.05) is 25.1 Å². The van der Waals surface area contributed by atoms with Gasteiger partial charge in [-0.2, -0.15) is 10.2 Å². The Kier molecular flexibility index (Phi) is 6.12. The van der Waals surface area contributed by atoms with Crippen molar-refractivity contribution in [3.8, 4) is 6.07 Å². The molecule has 4 rings (SSSR count). The Hall–Kier alpha value is -3.15. The molecule has 0 radical (unpaired) electrons. The molecule has 3 aromatic rings. The molecule has 0 bridgehead atoms. The smallest absolute Gasteiger partial charge is 0.227 e. The van der Waals surface area contributed by atoms with Crippen LogP contribution in [0.5, 0.6) is 0 Å². The third kappa shape index (κ3) is 5.06. The molecule has 30 heavy (non-hydrogen) atoms. The number of nitrogens with one attached hydrogen (secondary N) is 1. The largest absolute Gasteiger partial charge is 0.340 e. The van der Waals surface area contributed by atoms with Crippen molar-refractivity contribution in [1.29, 1.82) is 5.26 Å². The summed E-state index contributed by atoms with van der Waals surface area (Å²) in [6.45, 7) is 5.30. The molecule has 0 aliphatic carbocycles. The molecule has 2 heterocycles. The SMILES string of the molecule is Cc1cc(Nc2ccc(C#N)cc2)nc(N2CCN(Sc3ccc(F)cc3)CC2)n1. The van der Waals surface area contributed by atoms with Gasteiger partial charge in [0.2, 0.25) is 5.95 Å². The maximum atomic E-state index is 13.1. The van der Waals surface area contributed by atoms with Crippen LogP contribution in [0.1, 0.15) is 11.3 Å². The monoisotopic (exact) mass is 420 g/mol. The molecule has 2 aromatic carbocycles. The van der Waals surface area contributed by atoms with E-state index in [0.29, 0.717) is 11.5 Å². The minimum absolute atomic E-state index is 0.216. The number of hydrogen-bond acceptors (Lipinski definition) is 7. The Bertz CT molecular complexity index is 1040. The number of rotatable bonds is 5. The molecule has 1 fully saturated rings. The van der Waals surface area contributed by atoms with Crippen LogP contribution in [0.2, 0.25) is 0 Å². The fraction of sp³-hybridized carbons (Fsp3) is 0.227. The highest BCUT2D eigenvalue weighted by atomic mass is 32.2. The normalized spacial score (nSPS) is 14.4. The summed E-state index contributed by atoms with van der Waals surface area (Å²) in [6, 6.07) is 17.9. The molecule has 1 aliphatic rings. The van der Waals surface area contributed by atoms with E-state index in [1.54, 1.807) is 36.2 Å². The lowest BCUT2D eigenvalue weighted by Crippen LogP contribution is -2.44. The summed E-state index contributed by atoms with van der Waals surface area (Å²) < 4.78 is 15.4. The van der Waals surface area contributed by atoms with E-state index in [9.17, 15) is 4.39 Å². The second kappa shape index (κ2) is 9.11. The van der Waals surface area contributed by atoms with Crippen LogP contribution >= 0.6 is 11.9 Å². The van der Waals surface area contributed by atoms with Crippen LogP contribution in [0.25, 0.3) is 0 Å². The number of hydrogen-bond donors (Lipinski definition) is 1. The molecule has 0 amide bonds. The number of anilines is 3. The Balaban J connectivity index is 1.39. The minimum atomic E-state index is -0.216. The molecule has 0 atom stereocenters. The number of nitrogens with zero attached hydrogens (tertiary/aromatic N) is 5. The van der Waals surface area contributed by atoms with Gasteiger partial charge in [-0.1, -0.05) is 0 Å². The number of nitriles is 1. The van der Waals surface area contributed by atoms with Crippen molar-refractivity contribution >= 4 is 29.4 Å². The van der Waals surface area contributed by atoms with Gasteiger partial charge in [-0.25, -0.2) is 13.7 Å². The summed E-state index contributed by atoms with van der Waals surface area (Å²) in [4.78, 5) is 12.5. The van der Waals surface area contributed by atoms with Gasteiger partial charge in [0.05, 0.1) is 11.6 Å². The Labute approximate surface area is 179 Å². The number of benzene rings is 2. The first-order valence-corrected chi connectivity index (χ1v) is 10.4. The fourth-order valence-electron chi connectivity index (χ4n) is 3.16. The van der Waals surface area contributed by atoms with Gasteiger partial charge >= 0.3 is 0 Å². The van der Waals surface area contributed by atoms with Crippen molar-refractivity contribution in [2.75, 3.05) is 36.4 Å². The zero-order valence-corrected chi connectivity index (χ0v) is 17.4. The summed E-state index contributed by atoms with van der Waals surface area (Å²) in [7, 11) is 0. The number of halogens is 1. The quantitative estimate of drug-likeness (QED) is 0.615. The summed E-state index contributed by atoms with van der Waals surface area (Å²) >= 11 is 1.65. The van der Waals surface area contributed by atoms with E-state index in [2.05, 4.69) is 30.6 Å². The number of aryl methyl sites for hydroxylation is 1. The molecule has 0 spiro atoms. The van der Waals surface area contributed by atoms with E-state index in [4.69, 9.17) is 5.26 Å². The summed E-state index contributed by atoms with van der Waals surface area (Å²) in [5.41, 5.74) is 2.38. The Morgan fingerprint density at radius 2 is 1.70 bits per heavy atom. The average Bonchev–Trinajstić information content (AvgIpc) is 2.76. The van der Waals surface area contributed by atoms with Crippen molar-refractivity contribution in [2.24, 2.45) is 0 Å². The molecule has 6 nitrogen and oxygen atoms in total. The van der Waals surface area contributed by atoms with Crippen LogP contribution in [-0.4, -0.2) is 40.5 Å². The lowest BCUT2D eigenvalue weighted by atomic mass is 10.2. The second-order valence-electron chi connectivity index (χ2n) is 6.97. The van der Waals surface area contributed by atoms with Crippen molar-refractivity contribution in [2.45, 2.75) is 11.8 Å². The average molecular weight is 421 g/mol. The summed E-state index contributed by atoms with van der Waals surface area (Å²) in [6.07, 6.45) is 0. The highest BCUT2D eigenvalue weighted by Gasteiger charge is 2.20. The lowest BCUT2D eigenvalue weighted by Gasteiger charge is -2.34. The molecule has 152 valence electrons. The summed E-state index contributed by atoms with van der Waals surface area (Å²) in [5.74, 6) is 1.22. The van der Waals surface area contributed by atoms with Gasteiger partial charge in [0.1, 0.15) is 11.6 Å². The van der Waals surface area contributed by atoms with Gasteiger partial charge in [-0.05, 0) is 67.4 Å². The maximum Gasteiger partial charge on any atom is 0.227 e. The maximum absolute atomic E-state index is 13.1. The zero-order valence-electron chi connectivity index (χ0n) is 16.5. The van der Waals surface area contributed by atoms with Crippen molar-refractivity contribution in [3.63, 3.8) is 0 Å². The Morgan fingerprint density at radius 3 is 2.37 bits per heavy atom. The molecule has 8 heteroatoms. The van der Waals surface area contributed by atoms with Crippen molar-refractivity contribution < 1.29 is 4.39 Å². The molecule has 1 saturated heterocycles. The second-order valence-corrected chi connectivity index (χ2v) is 8.14. The molecule has 1 aromatic heterocycles. The first kappa shape index (κ1) is 20.1. The Morgan fingerprint density at radius 1 is 1.00 bits per heavy atom. The van der Waals surface area contributed by atoms with Crippen LogP contribution in [0.3, 0.4) is 0 Å². The molecule has 1 N–H and O–H groups in total. The topological polar surface area (TPSA) is 68.1 Å². The van der Waals surface area contributed by atoms with E-state index < -0.39 is 0 Å². The highest BCUT2D eigenvalue weighted by molar-refractivity contribution is 7.97. The van der Waals surface area contributed by atoms with Gasteiger partial charge in [-0.15, -0.1) is 0 Å². The molecule has 1 aliphatic heterocycles. The van der Waals surface area contributed by atoms with Gasteiger partial charge in [-0.3, -0.25) is 0 Å². The molecular weight excluding hydrogens is 399 g/mol. The predicted octanol–water partition coefficient (Wildman–Crippen LogP) is 4.37. The molecular formula is C22H21FN6S. The third-order valence-corrected chi connectivity index (χ3v) is 5.80. The van der Waals surface area contributed by atoms with Crippen LogP contribution < -0.4 is 10.2 Å². The fourth-order valence-corrected chi connectivity index (χ4v) is 4.06. The van der Waals surface area contributed by atoms with E-state index >= 15 is 0 Å². The lowest BCUT2D eigenvalue weighted by molar-refractivity contribution is 0.426. The van der Waals surface area contributed by atoms with Crippen LogP contribution in [-0.2, 0) is 0 Å². The third-order valence-electron chi connectivity index (χ3n) is 4.70. The zero-order chi connectivity index (χ0) is 20.9. The van der Waals surface area contributed by atoms with Crippen LogP contribution in [0.15, 0.2) is 59.5 Å². The molecule has 0 unspecified atom stereocenters. The van der Waals surface area contributed by atoms with E-state index in [1.165, 1.54) is 12.1 Å². The van der Waals surface area contributed by atoms with Gasteiger partial charge in [0, 0.05) is 48.5 Å². The van der Waals surface area contributed by atoms with Crippen LogP contribution in [0.4, 0.5) is 21.8 Å². The standard InChI is InChI=1S/C22H21FN6S/c1-16-14-21(26-19-6-2-17(15-24)3-7-19)27-22(25-16)28-10-12-29(13-11-28)30-20-8-4-18(23)5-9-20/h2-9,14H,10-13H2,1H3,(H,25,26,27). The number of aromatic nitrogens is 2. The summed E-state index contributed by atoms with van der Waals surface area (Å²) in [5, 5.41) is 12.2. The van der Waals surface area contributed by atoms with Gasteiger partial charge in [0.15, 0.2) is 0 Å². The minimum Gasteiger partial charge on any atom is -0.340 e. The first-order chi connectivity index (χ1) is 14.6. The highest BCUT2D eigenvalue weighted by Crippen LogP contribution is 2.26. The van der Waals surface area contributed by atoms with Crippen LogP contribution in [0, 0.1) is 24.1 Å². The molecule has 0 saturated carbocycles. The van der Waals surface area contributed by atoms with Gasteiger partial charge < -0.3 is 10.2 Å². The van der Waals surface area contributed by atoms with E-state index in [-0.39, 0.29) is 5.82 Å². The van der Waals surface area contributed by atoms with Crippen molar-refractivity contribution in [1.82, 2.24) is 14.3 Å². The number of piperazine rings is 1. The van der Waals surface area contributed by atoms with Gasteiger partial charge in [0.25, 0.3) is 0 Å². The van der Waals surface area contributed by atoms with E-state index in [0.717, 1.165) is 48.3 Å². The first-order valence-electron chi connectivity index (χ1n) is 9.65. The van der Waals surface area contributed by atoms with Crippen molar-refractivity contribution in [3.05, 3.63) is 71.7 Å².